The second kappa shape index (κ2) is 7.63. The van der Waals surface area contributed by atoms with Gasteiger partial charge in [-0.15, -0.1) is 0 Å². The summed E-state index contributed by atoms with van der Waals surface area (Å²) in [6, 6.07) is 12.2. The molecule has 0 spiro atoms. The first-order valence-electron chi connectivity index (χ1n) is 6.49. The molecule has 0 saturated heterocycles. The third kappa shape index (κ3) is 4.22. The molecule has 2 aromatic rings. The Labute approximate surface area is 147 Å². The number of benzene rings is 2. The van der Waals surface area contributed by atoms with E-state index in [9.17, 15) is 0 Å². The molecule has 1 atom stereocenters. The van der Waals surface area contributed by atoms with E-state index in [1.807, 2.05) is 31.3 Å². The molecule has 0 radical (unpaired) electrons. The number of hydrogen-bond donors (Lipinski definition) is 1. The van der Waals surface area contributed by atoms with Gasteiger partial charge in [0.2, 0.25) is 0 Å². The van der Waals surface area contributed by atoms with Crippen LogP contribution in [-0.2, 0) is 6.42 Å². The first-order chi connectivity index (χ1) is 10.0. The third-order valence-corrected chi connectivity index (χ3v) is 4.91. The van der Waals surface area contributed by atoms with Gasteiger partial charge in [-0.05, 0) is 70.9 Å². The van der Waals surface area contributed by atoms with Crippen LogP contribution in [0.25, 0.3) is 0 Å². The molecule has 0 aliphatic rings. The lowest BCUT2D eigenvalue weighted by atomic mass is 9.99. The minimum atomic E-state index is 0.179. The summed E-state index contributed by atoms with van der Waals surface area (Å²) in [5.74, 6) is 0.837. The number of hydrogen-bond acceptors (Lipinski definition) is 2. The molecular weight excluding hydrogens is 417 g/mol. The molecule has 0 heterocycles. The first kappa shape index (κ1) is 16.8. The maximum atomic E-state index is 6.11. The van der Waals surface area contributed by atoms with Gasteiger partial charge < -0.3 is 10.1 Å². The predicted octanol–water partition coefficient (Wildman–Crippen LogP) is 5.38. The van der Waals surface area contributed by atoms with Gasteiger partial charge in [-0.3, -0.25) is 0 Å². The summed E-state index contributed by atoms with van der Waals surface area (Å²) >= 11 is 13.2. The van der Waals surface area contributed by atoms with Crippen LogP contribution in [-0.4, -0.2) is 14.2 Å². The lowest BCUT2D eigenvalue weighted by molar-refractivity contribution is 0.412. The molecule has 2 rings (SSSR count). The van der Waals surface area contributed by atoms with Gasteiger partial charge in [0.15, 0.2) is 0 Å². The number of halogens is 3. The Kier molecular flexibility index (Phi) is 6.11. The largest absolute Gasteiger partial charge is 0.496 e. The third-order valence-electron chi connectivity index (χ3n) is 3.34. The van der Waals surface area contributed by atoms with E-state index in [1.54, 1.807) is 7.11 Å². The van der Waals surface area contributed by atoms with E-state index < -0.39 is 0 Å². The standard InChI is InChI=1S/C16H16Br2ClNO/c1-20-15(12-9-11(19)4-5-13(12)17)8-10-3-6-16(21-2)14(18)7-10/h3-7,9,15,20H,8H2,1-2H3. The monoisotopic (exact) mass is 431 g/mol. The van der Waals surface area contributed by atoms with Crippen LogP contribution in [0.15, 0.2) is 45.3 Å². The fraction of sp³-hybridized carbons (Fsp3) is 0.250. The maximum absolute atomic E-state index is 6.11. The van der Waals surface area contributed by atoms with Gasteiger partial charge in [-0.2, -0.15) is 0 Å². The van der Waals surface area contributed by atoms with Crippen LogP contribution in [0.2, 0.25) is 5.02 Å². The second-order valence-corrected chi connectivity index (χ2v) is 6.83. The summed E-state index contributed by atoms with van der Waals surface area (Å²) in [6.07, 6.45) is 0.859. The number of methoxy groups -OCH3 is 1. The number of nitrogens with one attached hydrogen (secondary N) is 1. The van der Waals surface area contributed by atoms with Crippen molar-refractivity contribution in [1.29, 1.82) is 0 Å². The summed E-state index contributed by atoms with van der Waals surface area (Å²) < 4.78 is 7.28. The van der Waals surface area contributed by atoms with E-state index in [0.717, 1.165) is 31.7 Å². The van der Waals surface area contributed by atoms with Crippen LogP contribution in [0, 0.1) is 0 Å². The van der Waals surface area contributed by atoms with Crippen LogP contribution in [0.4, 0.5) is 0 Å². The van der Waals surface area contributed by atoms with Gasteiger partial charge >= 0.3 is 0 Å². The van der Waals surface area contributed by atoms with Crippen molar-refractivity contribution < 1.29 is 4.74 Å². The van der Waals surface area contributed by atoms with E-state index in [0.29, 0.717) is 0 Å². The van der Waals surface area contributed by atoms with E-state index >= 15 is 0 Å². The Morgan fingerprint density at radius 2 is 1.90 bits per heavy atom. The number of ether oxygens (including phenoxy) is 1. The van der Waals surface area contributed by atoms with Crippen LogP contribution in [0.3, 0.4) is 0 Å². The highest BCUT2D eigenvalue weighted by atomic mass is 79.9. The van der Waals surface area contributed by atoms with Crippen molar-refractivity contribution in [3.8, 4) is 5.75 Å². The normalized spacial score (nSPS) is 12.2. The topological polar surface area (TPSA) is 21.3 Å². The molecular formula is C16H16Br2ClNO. The Hall–Kier alpha value is -0.550. The van der Waals surface area contributed by atoms with Crippen molar-refractivity contribution in [2.45, 2.75) is 12.5 Å². The lowest BCUT2D eigenvalue weighted by Gasteiger charge is -2.19. The average Bonchev–Trinajstić information content (AvgIpc) is 2.47. The highest BCUT2D eigenvalue weighted by Gasteiger charge is 2.14. The van der Waals surface area contributed by atoms with Crippen molar-refractivity contribution in [2.24, 2.45) is 0 Å². The second-order valence-electron chi connectivity index (χ2n) is 4.68. The van der Waals surface area contributed by atoms with Crippen LogP contribution >= 0.6 is 43.5 Å². The summed E-state index contributed by atoms with van der Waals surface area (Å²) in [6.45, 7) is 0. The summed E-state index contributed by atoms with van der Waals surface area (Å²) in [7, 11) is 3.62. The van der Waals surface area contributed by atoms with Crippen LogP contribution < -0.4 is 10.1 Å². The molecule has 2 aromatic carbocycles. The molecule has 0 fully saturated rings. The zero-order valence-corrected chi connectivity index (χ0v) is 15.7. The molecule has 0 aromatic heterocycles. The molecule has 1 unspecified atom stereocenters. The van der Waals surface area contributed by atoms with Gasteiger partial charge in [-0.1, -0.05) is 33.6 Å². The minimum Gasteiger partial charge on any atom is -0.496 e. The highest BCUT2D eigenvalue weighted by Crippen LogP contribution is 2.31. The summed E-state index contributed by atoms with van der Waals surface area (Å²) in [4.78, 5) is 0. The first-order valence-corrected chi connectivity index (χ1v) is 8.46. The molecule has 21 heavy (non-hydrogen) atoms. The Morgan fingerprint density at radius 3 is 2.52 bits per heavy atom. The van der Waals surface area contributed by atoms with Gasteiger partial charge in [0.1, 0.15) is 5.75 Å². The predicted molar refractivity (Wildman–Crippen MR) is 95.4 cm³/mol. The van der Waals surface area contributed by atoms with Gasteiger partial charge in [0.05, 0.1) is 11.6 Å². The van der Waals surface area contributed by atoms with Gasteiger partial charge in [0.25, 0.3) is 0 Å². The van der Waals surface area contributed by atoms with E-state index in [2.05, 4.69) is 49.3 Å². The fourth-order valence-electron chi connectivity index (χ4n) is 2.22. The Balaban J connectivity index is 2.26. The quantitative estimate of drug-likeness (QED) is 0.684. The molecule has 0 aliphatic heterocycles. The van der Waals surface area contributed by atoms with E-state index in [1.165, 1.54) is 5.56 Å². The average molecular weight is 434 g/mol. The smallest absolute Gasteiger partial charge is 0.133 e. The minimum absolute atomic E-state index is 0.179. The number of rotatable bonds is 5. The van der Waals surface area contributed by atoms with Gasteiger partial charge in [-0.25, -0.2) is 0 Å². The van der Waals surface area contributed by atoms with Crippen molar-refractivity contribution in [2.75, 3.05) is 14.2 Å². The maximum Gasteiger partial charge on any atom is 0.133 e. The van der Waals surface area contributed by atoms with Crippen LogP contribution in [0.5, 0.6) is 5.75 Å². The van der Waals surface area contributed by atoms with Crippen molar-refractivity contribution in [3.05, 3.63) is 61.5 Å². The Morgan fingerprint density at radius 1 is 1.14 bits per heavy atom. The van der Waals surface area contributed by atoms with Crippen LogP contribution in [0.1, 0.15) is 17.2 Å². The van der Waals surface area contributed by atoms with Crippen molar-refractivity contribution >= 4 is 43.5 Å². The van der Waals surface area contributed by atoms with Crippen molar-refractivity contribution in [1.82, 2.24) is 5.32 Å². The summed E-state index contributed by atoms with van der Waals surface area (Å²) in [5, 5.41) is 4.09. The molecule has 0 aliphatic carbocycles. The fourth-order valence-corrected chi connectivity index (χ4v) is 3.51. The molecule has 5 heteroatoms. The summed E-state index contributed by atoms with van der Waals surface area (Å²) in [5.41, 5.74) is 2.37. The molecule has 2 nitrogen and oxygen atoms in total. The lowest BCUT2D eigenvalue weighted by Crippen LogP contribution is -2.19. The van der Waals surface area contributed by atoms with Gasteiger partial charge in [0, 0.05) is 15.5 Å². The SMILES string of the molecule is CNC(Cc1ccc(OC)c(Br)c1)c1cc(Cl)ccc1Br. The zero-order valence-electron chi connectivity index (χ0n) is 11.8. The van der Waals surface area contributed by atoms with E-state index in [4.69, 9.17) is 16.3 Å². The Bertz CT molecular complexity index is 634. The molecule has 0 amide bonds. The molecule has 112 valence electrons. The number of likely N-dealkylation sites (N-methyl/N-ethyl adjacent to an activating group) is 1. The molecule has 1 N–H and O–H groups in total. The zero-order chi connectivity index (χ0) is 15.4. The van der Waals surface area contributed by atoms with E-state index in [-0.39, 0.29) is 6.04 Å². The molecule has 0 bridgehead atoms. The highest BCUT2D eigenvalue weighted by molar-refractivity contribution is 9.10. The molecule has 0 saturated carbocycles. The van der Waals surface area contributed by atoms with Crippen molar-refractivity contribution in [3.63, 3.8) is 0 Å².